The molecule has 5 nitrogen and oxygen atoms in total. The van der Waals surface area contributed by atoms with E-state index in [0.29, 0.717) is 0 Å². The van der Waals surface area contributed by atoms with Crippen LogP contribution in [-0.4, -0.2) is 22.6 Å². The molecule has 2 aromatic heterocycles. The minimum absolute atomic E-state index is 0.0468. The second kappa shape index (κ2) is 16.8. The van der Waals surface area contributed by atoms with E-state index in [1.54, 1.807) is 0 Å². The van der Waals surface area contributed by atoms with E-state index in [4.69, 9.17) is 4.74 Å². The van der Waals surface area contributed by atoms with Gasteiger partial charge in [0.05, 0.1) is 33.1 Å². The lowest BCUT2D eigenvalue weighted by molar-refractivity contribution is 0.493. The van der Waals surface area contributed by atoms with E-state index in [1.807, 2.05) is 11.8 Å². The lowest BCUT2D eigenvalue weighted by Crippen LogP contribution is -2.63. The number of fused-ring (bicyclic) bond motifs is 16. The van der Waals surface area contributed by atoms with Crippen molar-refractivity contribution in [1.29, 1.82) is 0 Å². The second-order valence-corrected chi connectivity index (χ2v) is 22.6. The van der Waals surface area contributed by atoms with E-state index >= 15 is 0 Å². The molecule has 12 aromatic carbocycles. The first-order valence-electron chi connectivity index (χ1n) is 27.6. The van der Waals surface area contributed by atoms with Gasteiger partial charge in [0, 0.05) is 71.2 Å². The fourth-order valence-electron chi connectivity index (χ4n) is 14.2. The second-order valence-electron chi connectivity index (χ2n) is 21.5. The number of hydrogen-bond donors (Lipinski definition) is 1. The van der Waals surface area contributed by atoms with Gasteiger partial charge in [-0.2, -0.15) is 0 Å². The molecule has 370 valence electrons. The Hall–Kier alpha value is -9.88. The molecule has 14 aromatic rings. The number of aromatic nitrogens is 2. The SMILES string of the molecule is c1ccc(-c2cccc(-c3ccccc3)c2N2c3cc4c(cc3B3c5ccccc5Oc5c3c2cc2c5c3ccccc3n2-c2ccccc2)B2c3ccccc3Sc3c2c(cc2c3c3ccccc3n2-c2ccccc2)N4)cc1. The van der Waals surface area contributed by atoms with Gasteiger partial charge in [-0.1, -0.05) is 211 Å². The van der Waals surface area contributed by atoms with Crippen molar-refractivity contribution in [3.05, 3.63) is 261 Å². The average molecular weight is 1030 g/mol. The van der Waals surface area contributed by atoms with E-state index in [9.17, 15) is 0 Å². The van der Waals surface area contributed by atoms with Gasteiger partial charge in [-0.05, 0) is 105 Å². The number of nitrogens with one attached hydrogen (secondary N) is 1. The van der Waals surface area contributed by atoms with Crippen molar-refractivity contribution in [3.8, 4) is 45.1 Å². The lowest BCUT2D eigenvalue weighted by atomic mass is 9.31. The monoisotopic (exact) mass is 1030 g/mol. The maximum atomic E-state index is 7.55. The maximum absolute atomic E-state index is 7.55. The molecule has 6 heterocycles. The molecule has 0 amide bonds. The Kier molecular flexibility index (Phi) is 9.28. The van der Waals surface area contributed by atoms with Crippen molar-refractivity contribution in [2.45, 2.75) is 9.79 Å². The van der Waals surface area contributed by atoms with Crippen molar-refractivity contribution in [1.82, 2.24) is 9.13 Å². The van der Waals surface area contributed by atoms with Crippen LogP contribution in [0.1, 0.15) is 0 Å². The van der Waals surface area contributed by atoms with E-state index < -0.39 is 0 Å². The Balaban J connectivity index is 0.994. The normalized spacial score (nSPS) is 13.3. The van der Waals surface area contributed by atoms with Crippen LogP contribution in [-0.2, 0) is 0 Å². The molecule has 0 bridgehead atoms. The average Bonchev–Trinajstić information content (AvgIpc) is 4.17. The van der Waals surface area contributed by atoms with Crippen LogP contribution < -0.4 is 47.7 Å². The first-order chi connectivity index (χ1) is 39.7. The minimum atomic E-state index is -0.172. The van der Waals surface area contributed by atoms with Crippen molar-refractivity contribution in [2.75, 3.05) is 10.2 Å². The molecule has 1 N–H and O–H groups in total. The van der Waals surface area contributed by atoms with Crippen LogP contribution in [0.25, 0.3) is 77.2 Å². The smallest absolute Gasteiger partial charge is 0.256 e. The van der Waals surface area contributed by atoms with E-state index in [0.717, 1.165) is 101 Å². The fraction of sp³-hybridized carbons (Fsp3) is 0. The predicted octanol–water partition coefficient (Wildman–Crippen LogP) is 14.7. The highest BCUT2D eigenvalue weighted by molar-refractivity contribution is 8.00. The molecule has 4 aliphatic heterocycles. The summed E-state index contributed by atoms with van der Waals surface area (Å²) in [5, 5.41) is 9.06. The van der Waals surface area contributed by atoms with E-state index in [-0.39, 0.29) is 13.4 Å². The van der Waals surface area contributed by atoms with E-state index in [1.165, 1.54) is 58.9 Å². The highest BCUT2D eigenvalue weighted by Crippen LogP contribution is 2.53. The quantitative estimate of drug-likeness (QED) is 0.174. The summed E-state index contributed by atoms with van der Waals surface area (Å²) in [6, 6.07) is 96.1. The van der Waals surface area contributed by atoms with Gasteiger partial charge in [-0.25, -0.2) is 0 Å². The van der Waals surface area contributed by atoms with Crippen molar-refractivity contribution >= 4 is 130 Å². The van der Waals surface area contributed by atoms with Gasteiger partial charge in [0.15, 0.2) is 0 Å². The van der Waals surface area contributed by atoms with E-state index in [2.05, 4.69) is 280 Å². The van der Waals surface area contributed by atoms with Gasteiger partial charge in [-0.15, -0.1) is 0 Å². The zero-order chi connectivity index (χ0) is 52.2. The Labute approximate surface area is 467 Å². The minimum Gasteiger partial charge on any atom is -0.458 e. The van der Waals surface area contributed by atoms with Crippen LogP contribution in [0.2, 0.25) is 0 Å². The third-order valence-electron chi connectivity index (χ3n) is 17.4. The van der Waals surface area contributed by atoms with Crippen molar-refractivity contribution in [2.24, 2.45) is 0 Å². The standard InChI is InChI=1S/C72H44B2N4OS/c1-5-22-44(23-6-1)48-32-21-33-49(45-24-7-2-8-25-45)70(48)78-60-41-56-54(74-53-35-16-20-39-65(53)80-72-67-51-31-14-18-37-59(51)76(46-26-9-3-10-27-46)61(67)42-57(75-56)68(72)74)40-55(60)73-52-34-15-19-38-64(52)79-71-66-50-30-13-17-36-58(50)77(47-28-11-4-12-29-47)62(66)43-63(78)69(71)73/h1-43,75H. The molecule has 0 atom stereocenters. The Bertz CT molecular complexity index is 4890. The Morgan fingerprint density at radius 3 is 1.61 bits per heavy atom. The number of anilines is 5. The molecule has 0 aliphatic carbocycles. The summed E-state index contributed by atoms with van der Waals surface area (Å²) in [6.07, 6.45) is 0. The molecule has 80 heavy (non-hydrogen) atoms. The first-order valence-corrected chi connectivity index (χ1v) is 28.4. The molecule has 0 unspecified atom stereocenters. The molecular formula is C72H44B2N4OS. The molecule has 0 saturated carbocycles. The summed E-state index contributed by atoms with van der Waals surface area (Å²) >= 11 is 1.92. The molecule has 0 radical (unpaired) electrons. The number of nitrogens with zero attached hydrogens (tertiary/aromatic N) is 3. The summed E-state index contributed by atoms with van der Waals surface area (Å²) in [5.41, 5.74) is 24.5. The molecule has 0 saturated heterocycles. The van der Waals surface area contributed by atoms with Gasteiger partial charge in [0.25, 0.3) is 6.71 Å². The summed E-state index contributed by atoms with van der Waals surface area (Å²) in [4.78, 5) is 5.22. The van der Waals surface area contributed by atoms with Crippen LogP contribution in [0.15, 0.2) is 271 Å². The van der Waals surface area contributed by atoms with Crippen LogP contribution in [0.5, 0.6) is 11.5 Å². The summed E-state index contributed by atoms with van der Waals surface area (Å²) in [5.74, 6) is 1.79. The molecular weight excluding hydrogens is 991 g/mol. The number of para-hydroxylation sites is 6. The number of hydrogen-bond acceptors (Lipinski definition) is 4. The molecule has 18 rings (SSSR count). The van der Waals surface area contributed by atoms with Gasteiger partial charge in [0.1, 0.15) is 11.5 Å². The lowest BCUT2D eigenvalue weighted by Gasteiger charge is -2.43. The topological polar surface area (TPSA) is 34.4 Å². The summed E-state index contributed by atoms with van der Waals surface area (Å²) in [6.45, 7) is -0.219. The summed E-state index contributed by atoms with van der Waals surface area (Å²) in [7, 11) is 0. The number of benzene rings is 12. The highest BCUT2D eigenvalue weighted by atomic mass is 32.2. The van der Waals surface area contributed by atoms with Gasteiger partial charge >= 0.3 is 0 Å². The van der Waals surface area contributed by atoms with Crippen molar-refractivity contribution < 1.29 is 4.74 Å². The van der Waals surface area contributed by atoms with Crippen LogP contribution >= 0.6 is 11.8 Å². The maximum Gasteiger partial charge on any atom is 0.256 e. The molecule has 8 heteroatoms. The largest absolute Gasteiger partial charge is 0.458 e. The van der Waals surface area contributed by atoms with Crippen LogP contribution in [0.4, 0.5) is 28.4 Å². The van der Waals surface area contributed by atoms with Gasteiger partial charge in [-0.3, -0.25) is 0 Å². The van der Waals surface area contributed by atoms with Gasteiger partial charge < -0.3 is 24.1 Å². The zero-order valence-electron chi connectivity index (χ0n) is 43.1. The highest BCUT2D eigenvalue weighted by Gasteiger charge is 2.47. The Morgan fingerprint density at radius 1 is 0.388 bits per heavy atom. The molecule has 0 fully saturated rings. The third-order valence-corrected chi connectivity index (χ3v) is 18.6. The first kappa shape index (κ1) is 44.1. The van der Waals surface area contributed by atoms with Crippen LogP contribution in [0, 0.1) is 0 Å². The zero-order valence-corrected chi connectivity index (χ0v) is 44.0. The van der Waals surface area contributed by atoms with Gasteiger partial charge in [0.2, 0.25) is 6.71 Å². The third kappa shape index (κ3) is 6.11. The summed E-state index contributed by atoms with van der Waals surface area (Å²) < 4.78 is 12.4. The molecule has 4 aliphatic rings. The Morgan fingerprint density at radius 2 is 0.938 bits per heavy atom. The van der Waals surface area contributed by atoms with Crippen LogP contribution in [0.3, 0.4) is 0 Å². The molecule has 0 spiro atoms. The predicted molar refractivity (Wildman–Crippen MR) is 337 cm³/mol. The number of ether oxygens (including phenoxy) is 1. The number of rotatable bonds is 5. The van der Waals surface area contributed by atoms with Crippen molar-refractivity contribution in [3.63, 3.8) is 0 Å². The fourth-order valence-corrected chi connectivity index (χ4v) is 15.5.